The second kappa shape index (κ2) is 19.6. The van der Waals surface area contributed by atoms with E-state index in [4.69, 9.17) is 79.7 Å². The molecule has 6 aromatic heterocycles. The fraction of sp³-hybridized carbons (Fsp3) is 0. The molecule has 19 rings (SSSR count). The molecule has 0 radical (unpaired) electrons. The zero-order valence-electron chi connectivity index (χ0n) is 45.5. The van der Waals surface area contributed by atoms with Crippen LogP contribution in [0, 0.1) is 0 Å². The number of hydrogen-bond donors (Lipinski definition) is 0. The monoisotopic (exact) mass is 1210 g/mol. The molecule has 0 saturated heterocycles. The van der Waals surface area contributed by atoms with Gasteiger partial charge in [0.25, 0.3) is 0 Å². The van der Waals surface area contributed by atoms with Gasteiger partial charge in [0.05, 0.1) is 46.6 Å². The predicted molar refractivity (Wildman–Crippen MR) is 332 cm³/mol. The molecule has 4 aliphatic rings. The Kier molecular flexibility index (Phi) is 11.4. The van der Waals surface area contributed by atoms with Gasteiger partial charge in [-0.05, 0) is 77.5 Å². The SMILES string of the molecule is [Fe+2].[Fe+2].c1ccc2c(c1)-c1nc-2nc2[n-]c(nc3nc(nc4[n-]c(n1)c1ccccc41)-c1ccc(-c4ccc(-c5ccc6c(c5)-c5nc-6nc6[n-]c(nc7nc(nc8[n-]c(n5)c5ccccc85)-c5ccccc5-7)c5ccccc65)cc4)cc1-3)c1ccccc21. The van der Waals surface area contributed by atoms with Crippen molar-refractivity contribution in [3.05, 3.63) is 206 Å². The average molecular weight is 1210 g/mol. The molecule has 18 heteroatoms. The van der Waals surface area contributed by atoms with Crippen molar-refractivity contribution in [1.29, 1.82) is 0 Å². The molecule has 410 valence electrons. The first kappa shape index (κ1) is 51.2. The van der Waals surface area contributed by atoms with Gasteiger partial charge in [-0.15, -0.1) is 0 Å². The molecule has 16 nitrogen and oxygen atoms in total. The number of aromatic nitrogens is 16. The first-order valence-electron chi connectivity index (χ1n) is 27.9. The molecule has 15 aromatic rings. The Bertz CT molecular complexity index is 5520. The third kappa shape index (κ3) is 7.90. The maximum atomic E-state index is 5.24. The van der Waals surface area contributed by atoms with Gasteiger partial charge >= 0.3 is 34.1 Å². The third-order valence-electron chi connectivity index (χ3n) is 16.4. The van der Waals surface area contributed by atoms with Gasteiger partial charge in [-0.3, -0.25) is 0 Å². The van der Waals surface area contributed by atoms with Crippen LogP contribution in [-0.2, 0) is 34.1 Å². The van der Waals surface area contributed by atoms with Crippen molar-refractivity contribution in [2.75, 3.05) is 0 Å². The Labute approximate surface area is 518 Å². The van der Waals surface area contributed by atoms with Gasteiger partial charge in [0, 0.05) is 89.7 Å². The molecule has 0 spiro atoms. The Morgan fingerprint density at radius 2 is 0.352 bits per heavy atom. The third-order valence-corrected chi connectivity index (χ3v) is 16.4. The fourth-order valence-electron chi connectivity index (χ4n) is 12.2. The van der Waals surface area contributed by atoms with E-state index in [1.54, 1.807) is 0 Å². The molecular formula is C70H34Fe2N16. The van der Waals surface area contributed by atoms with Crippen molar-refractivity contribution in [2.24, 2.45) is 0 Å². The Morgan fingerprint density at radius 3 is 0.580 bits per heavy atom. The summed E-state index contributed by atoms with van der Waals surface area (Å²) in [5.74, 6) is 3.97. The summed E-state index contributed by atoms with van der Waals surface area (Å²) in [7, 11) is 0. The van der Waals surface area contributed by atoms with Crippen LogP contribution in [0.2, 0.25) is 0 Å². The Hall–Kier alpha value is -11.3. The van der Waals surface area contributed by atoms with Gasteiger partial charge in [-0.1, -0.05) is 194 Å². The molecule has 0 aliphatic carbocycles. The molecule has 88 heavy (non-hydrogen) atoms. The number of fused-ring (bicyclic) bond motifs is 40. The summed E-state index contributed by atoms with van der Waals surface area (Å²) in [6, 6.07) is 68.9. The van der Waals surface area contributed by atoms with Gasteiger partial charge in [0.1, 0.15) is 0 Å². The van der Waals surface area contributed by atoms with Crippen molar-refractivity contribution in [1.82, 2.24) is 79.7 Å². The molecule has 0 fully saturated rings. The van der Waals surface area contributed by atoms with Gasteiger partial charge in [0.15, 0.2) is 0 Å². The normalized spacial score (nSPS) is 11.9. The van der Waals surface area contributed by atoms with Crippen LogP contribution >= 0.6 is 0 Å². The van der Waals surface area contributed by atoms with Crippen molar-refractivity contribution in [3.63, 3.8) is 0 Å². The molecule has 0 atom stereocenters. The van der Waals surface area contributed by atoms with E-state index in [9.17, 15) is 0 Å². The molecule has 10 heterocycles. The molecule has 16 bridgehead atoms. The smallest absolute Gasteiger partial charge is 0.357 e. The van der Waals surface area contributed by atoms with Gasteiger partial charge in [-0.2, -0.15) is 0 Å². The Balaban J connectivity index is 0.00000300. The zero-order chi connectivity index (χ0) is 56.1. The summed E-state index contributed by atoms with van der Waals surface area (Å²) in [5, 5.41) is 6.76. The minimum atomic E-state index is 0. The summed E-state index contributed by atoms with van der Waals surface area (Å²) in [6.07, 6.45) is 0. The summed E-state index contributed by atoms with van der Waals surface area (Å²) in [5.41, 5.74) is 14.6. The van der Waals surface area contributed by atoms with E-state index in [0.29, 0.717) is 91.8 Å². The summed E-state index contributed by atoms with van der Waals surface area (Å²) < 4.78 is 0. The van der Waals surface area contributed by atoms with E-state index < -0.39 is 0 Å². The molecule has 0 saturated carbocycles. The van der Waals surface area contributed by atoms with Crippen LogP contribution in [-0.4, -0.2) is 59.8 Å². The zero-order valence-corrected chi connectivity index (χ0v) is 47.7. The first-order valence-corrected chi connectivity index (χ1v) is 27.9. The van der Waals surface area contributed by atoms with E-state index in [2.05, 4.69) is 60.7 Å². The van der Waals surface area contributed by atoms with Crippen LogP contribution in [0.4, 0.5) is 0 Å². The maximum Gasteiger partial charge on any atom is 2.00 e. The predicted octanol–water partition coefficient (Wildman–Crippen LogP) is 13.9. The number of nitrogens with zero attached hydrogens (tertiary/aromatic N) is 16. The summed E-state index contributed by atoms with van der Waals surface area (Å²) in [6.45, 7) is 0. The fourth-order valence-corrected chi connectivity index (χ4v) is 12.2. The number of rotatable bonds is 2. The van der Waals surface area contributed by atoms with Gasteiger partial charge < -0.3 is 59.8 Å². The van der Waals surface area contributed by atoms with E-state index >= 15 is 0 Å². The van der Waals surface area contributed by atoms with Crippen LogP contribution in [0.15, 0.2) is 206 Å². The molecule has 0 amide bonds. The van der Waals surface area contributed by atoms with Gasteiger partial charge in [-0.25, -0.2) is 19.9 Å². The molecule has 0 unspecified atom stereocenters. The van der Waals surface area contributed by atoms with Crippen molar-refractivity contribution in [3.8, 4) is 113 Å². The standard InChI is InChI=1S/C70H34N16.2Fe/c1-3-15-41-39(13-1)55-71-57(41)75-61-47-21-9-11-23-49(47)65(79-61)83-69-53-33-37(29-31-51(53)67(85-69)81-63-45-19-7-5-17-43(45)59(73-55)77-63)35-25-27-36(28-26-35)38-30-32-52-54(34-38)70-84-66-50-24-12-10-22-48(50)62(80-66)76-58-42-16-4-2-14-40(42)56(72-58)74-60-44-18-6-8-20-46(44)64(78-60)82-68(52)86-70;;/h1-34H;;/q-4;2*+2. The van der Waals surface area contributed by atoms with Crippen molar-refractivity contribution >= 4 is 88.3 Å². The molecule has 0 N–H and O–H groups in total. The van der Waals surface area contributed by atoms with Gasteiger partial charge in [0.2, 0.25) is 0 Å². The molecule has 9 aromatic carbocycles. The quantitative estimate of drug-likeness (QED) is 0.147. The van der Waals surface area contributed by atoms with Crippen LogP contribution in [0.25, 0.3) is 202 Å². The number of hydrogen-bond acceptors (Lipinski definition) is 12. The average Bonchev–Trinajstić information content (AvgIpc) is 3.80. The van der Waals surface area contributed by atoms with E-state index in [1.165, 1.54) is 0 Å². The largest absolute Gasteiger partial charge is 2.00 e. The van der Waals surface area contributed by atoms with Crippen molar-refractivity contribution < 1.29 is 34.1 Å². The topological polar surface area (TPSA) is 211 Å². The number of benzene rings is 9. The summed E-state index contributed by atoms with van der Waals surface area (Å²) >= 11 is 0. The van der Waals surface area contributed by atoms with Crippen LogP contribution in [0.1, 0.15) is 0 Å². The minimum absolute atomic E-state index is 0. The molecule has 4 aliphatic heterocycles. The van der Waals surface area contributed by atoms with Crippen LogP contribution in [0.5, 0.6) is 0 Å². The van der Waals surface area contributed by atoms with Crippen LogP contribution < -0.4 is 19.9 Å². The maximum absolute atomic E-state index is 5.24. The second-order valence-electron chi connectivity index (χ2n) is 21.3. The van der Waals surface area contributed by atoms with Crippen molar-refractivity contribution in [2.45, 2.75) is 0 Å². The van der Waals surface area contributed by atoms with Crippen LogP contribution in [0.3, 0.4) is 0 Å². The minimum Gasteiger partial charge on any atom is -0.357 e. The van der Waals surface area contributed by atoms with E-state index in [1.807, 2.05) is 146 Å². The van der Waals surface area contributed by atoms with E-state index in [-0.39, 0.29) is 34.1 Å². The second-order valence-corrected chi connectivity index (χ2v) is 21.3. The summed E-state index contributed by atoms with van der Waals surface area (Å²) in [4.78, 5) is 81.7. The molecular weight excluding hydrogens is 1180 g/mol. The van der Waals surface area contributed by atoms with E-state index in [0.717, 1.165) is 110 Å². The first-order chi connectivity index (χ1) is 42.5. The Morgan fingerprint density at radius 1 is 0.170 bits per heavy atom.